The molecule has 118 valence electrons. The van der Waals surface area contributed by atoms with Crippen molar-refractivity contribution in [1.29, 1.82) is 0 Å². The van der Waals surface area contributed by atoms with Crippen molar-refractivity contribution in [2.45, 2.75) is 18.8 Å². The molecule has 0 aromatic carbocycles. The maximum Gasteiger partial charge on any atom is 0.257 e. The zero-order valence-corrected chi connectivity index (χ0v) is 13.1. The minimum Gasteiger partial charge on any atom is -0.338 e. The first-order valence-corrected chi connectivity index (χ1v) is 7.93. The van der Waals surface area contributed by atoms with Crippen LogP contribution in [-0.4, -0.2) is 43.3 Å². The lowest BCUT2D eigenvalue weighted by molar-refractivity contribution is 0.0713. The molecule has 4 rings (SSSR count). The van der Waals surface area contributed by atoms with Crippen molar-refractivity contribution in [3.63, 3.8) is 0 Å². The average Bonchev–Trinajstić information content (AvgIpc) is 3.20. The van der Waals surface area contributed by atoms with E-state index in [1.165, 1.54) is 5.69 Å². The summed E-state index contributed by atoms with van der Waals surface area (Å²) in [7, 11) is 1.98. The monoisotopic (exact) mass is 309 g/mol. The van der Waals surface area contributed by atoms with Crippen molar-refractivity contribution in [1.82, 2.24) is 24.3 Å². The molecule has 0 N–H and O–H groups in total. The fourth-order valence-corrected chi connectivity index (χ4v) is 3.43. The number of carbonyl (C=O) groups is 1. The summed E-state index contributed by atoms with van der Waals surface area (Å²) in [6.45, 7) is 1.55. The first-order valence-electron chi connectivity index (χ1n) is 7.93. The third kappa shape index (κ3) is 2.40. The Hall–Kier alpha value is -2.63. The van der Waals surface area contributed by atoms with Crippen LogP contribution in [0.15, 0.2) is 42.9 Å². The van der Waals surface area contributed by atoms with Crippen LogP contribution >= 0.6 is 0 Å². The maximum absolute atomic E-state index is 12.8. The molecule has 3 aromatic rings. The molecule has 0 bridgehead atoms. The zero-order chi connectivity index (χ0) is 15.8. The van der Waals surface area contributed by atoms with Gasteiger partial charge in [0, 0.05) is 44.1 Å². The number of piperidine rings is 1. The number of rotatable bonds is 2. The van der Waals surface area contributed by atoms with Gasteiger partial charge in [-0.1, -0.05) is 6.07 Å². The van der Waals surface area contributed by atoms with Gasteiger partial charge in [0.2, 0.25) is 0 Å². The Balaban J connectivity index is 1.50. The molecule has 4 heterocycles. The van der Waals surface area contributed by atoms with Gasteiger partial charge in [-0.15, -0.1) is 0 Å². The van der Waals surface area contributed by atoms with Crippen LogP contribution in [0.25, 0.3) is 5.52 Å². The van der Waals surface area contributed by atoms with Crippen LogP contribution < -0.4 is 0 Å². The third-order valence-corrected chi connectivity index (χ3v) is 4.72. The van der Waals surface area contributed by atoms with Gasteiger partial charge in [-0.2, -0.15) is 10.2 Å². The van der Waals surface area contributed by atoms with Crippen molar-refractivity contribution in [2.75, 3.05) is 13.1 Å². The van der Waals surface area contributed by atoms with E-state index in [9.17, 15) is 4.79 Å². The molecular formula is C17H19N5O. The molecule has 1 aliphatic rings. The summed E-state index contributed by atoms with van der Waals surface area (Å²) in [6, 6.07) is 7.85. The molecule has 6 nitrogen and oxygen atoms in total. The number of pyridine rings is 1. The number of aromatic nitrogens is 4. The predicted octanol–water partition coefficient (Wildman–Crippen LogP) is 2.09. The molecule has 0 spiro atoms. The topological polar surface area (TPSA) is 55.4 Å². The second-order valence-corrected chi connectivity index (χ2v) is 6.03. The molecule has 0 unspecified atom stereocenters. The lowest BCUT2D eigenvalue weighted by Gasteiger charge is -2.31. The largest absolute Gasteiger partial charge is 0.338 e. The van der Waals surface area contributed by atoms with E-state index in [1.54, 1.807) is 10.7 Å². The normalized spacial score (nSPS) is 16.1. The van der Waals surface area contributed by atoms with E-state index in [4.69, 9.17) is 0 Å². The lowest BCUT2D eigenvalue weighted by Crippen LogP contribution is -2.38. The molecule has 0 atom stereocenters. The Labute approximate surface area is 134 Å². The van der Waals surface area contributed by atoms with Crippen molar-refractivity contribution in [2.24, 2.45) is 7.05 Å². The van der Waals surface area contributed by atoms with Crippen LogP contribution in [0.4, 0.5) is 0 Å². The SMILES string of the molecule is Cn1nccc1C1CCN(C(=O)c2cnn3ccccc23)CC1. The van der Waals surface area contributed by atoms with Gasteiger partial charge in [-0.3, -0.25) is 9.48 Å². The van der Waals surface area contributed by atoms with E-state index in [0.29, 0.717) is 11.5 Å². The molecular weight excluding hydrogens is 290 g/mol. The highest BCUT2D eigenvalue weighted by Gasteiger charge is 2.27. The van der Waals surface area contributed by atoms with Gasteiger partial charge in [-0.25, -0.2) is 4.52 Å². The van der Waals surface area contributed by atoms with Gasteiger partial charge in [-0.05, 0) is 31.0 Å². The molecule has 0 aliphatic carbocycles. The van der Waals surface area contributed by atoms with Crippen LogP contribution in [-0.2, 0) is 7.05 Å². The van der Waals surface area contributed by atoms with Gasteiger partial charge in [0.05, 0.1) is 17.3 Å². The highest BCUT2D eigenvalue weighted by molar-refractivity contribution is 6.00. The van der Waals surface area contributed by atoms with Crippen LogP contribution in [0.1, 0.15) is 34.8 Å². The van der Waals surface area contributed by atoms with Gasteiger partial charge in [0.1, 0.15) is 0 Å². The Morgan fingerprint density at radius 2 is 2.00 bits per heavy atom. The first-order chi connectivity index (χ1) is 11.2. The number of hydrogen-bond donors (Lipinski definition) is 0. The first kappa shape index (κ1) is 14.0. The average molecular weight is 309 g/mol. The Bertz CT molecular complexity index is 841. The summed E-state index contributed by atoms with van der Waals surface area (Å²) in [4.78, 5) is 14.7. The van der Waals surface area contributed by atoms with Crippen LogP contribution in [0, 0.1) is 0 Å². The van der Waals surface area contributed by atoms with E-state index in [2.05, 4.69) is 16.3 Å². The van der Waals surface area contributed by atoms with E-state index in [-0.39, 0.29) is 5.91 Å². The van der Waals surface area contributed by atoms with Crippen LogP contribution in [0.3, 0.4) is 0 Å². The molecule has 1 aliphatic heterocycles. The van der Waals surface area contributed by atoms with Crippen molar-refractivity contribution in [3.05, 3.63) is 54.1 Å². The summed E-state index contributed by atoms with van der Waals surface area (Å²) >= 11 is 0. The number of nitrogens with zero attached hydrogens (tertiary/aromatic N) is 5. The van der Waals surface area contributed by atoms with Crippen molar-refractivity contribution < 1.29 is 4.79 Å². The molecule has 23 heavy (non-hydrogen) atoms. The van der Waals surface area contributed by atoms with Crippen LogP contribution in [0.5, 0.6) is 0 Å². The van der Waals surface area contributed by atoms with Gasteiger partial charge >= 0.3 is 0 Å². The molecule has 1 amide bonds. The summed E-state index contributed by atoms with van der Waals surface area (Å²) in [5.41, 5.74) is 2.81. The Morgan fingerprint density at radius 1 is 1.17 bits per heavy atom. The summed E-state index contributed by atoms with van der Waals surface area (Å²) in [5.74, 6) is 0.560. The van der Waals surface area contributed by atoms with Gasteiger partial charge < -0.3 is 4.90 Å². The number of hydrogen-bond acceptors (Lipinski definition) is 3. The third-order valence-electron chi connectivity index (χ3n) is 4.72. The second kappa shape index (κ2) is 5.53. The zero-order valence-electron chi connectivity index (χ0n) is 13.1. The van der Waals surface area contributed by atoms with Gasteiger partial charge in [0.25, 0.3) is 5.91 Å². The second-order valence-electron chi connectivity index (χ2n) is 6.03. The summed E-state index contributed by atoms with van der Waals surface area (Å²) < 4.78 is 3.68. The Morgan fingerprint density at radius 3 is 2.74 bits per heavy atom. The maximum atomic E-state index is 12.8. The highest BCUT2D eigenvalue weighted by atomic mass is 16.2. The fourth-order valence-electron chi connectivity index (χ4n) is 3.43. The smallest absolute Gasteiger partial charge is 0.257 e. The fraction of sp³-hybridized carbons (Fsp3) is 0.353. The van der Waals surface area contributed by atoms with Crippen molar-refractivity contribution in [3.8, 4) is 0 Å². The lowest BCUT2D eigenvalue weighted by atomic mass is 9.93. The van der Waals surface area contributed by atoms with E-state index >= 15 is 0 Å². The molecule has 0 radical (unpaired) electrons. The number of aryl methyl sites for hydroxylation is 1. The van der Waals surface area contributed by atoms with E-state index in [0.717, 1.165) is 31.4 Å². The summed E-state index contributed by atoms with van der Waals surface area (Å²) in [6.07, 6.45) is 7.33. The van der Waals surface area contributed by atoms with E-state index < -0.39 is 0 Å². The molecule has 1 saturated heterocycles. The number of carbonyl (C=O) groups excluding carboxylic acids is 1. The number of amides is 1. The molecule has 6 heteroatoms. The minimum atomic E-state index is 0.0784. The molecule has 3 aromatic heterocycles. The minimum absolute atomic E-state index is 0.0784. The summed E-state index contributed by atoms with van der Waals surface area (Å²) in [5, 5.41) is 8.51. The standard InChI is InChI=1S/C17H19N5O/c1-20-15(5-8-18-20)13-6-10-21(11-7-13)17(23)14-12-19-22-9-3-2-4-16(14)22/h2-5,8-9,12-13H,6-7,10-11H2,1H3. The highest BCUT2D eigenvalue weighted by Crippen LogP contribution is 2.28. The Kier molecular flexibility index (Phi) is 3.37. The predicted molar refractivity (Wildman–Crippen MR) is 86.3 cm³/mol. The quantitative estimate of drug-likeness (QED) is 0.728. The van der Waals surface area contributed by atoms with Crippen molar-refractivity contribution >= 4 is 11.4 Å². The number of likely N-dealkylation sites (tertiary alicyclic amines) is 1. The van der Waals surface area contributed by atoms with Gasteiger partial charge in [0.15, 0.2) is 0 Å². The van der Waals surface area contributed by atoms with Crippen LogP contribution in [0.2, 0.25) is 0 Å². The van der Waals surface area contributed by atoms with E-state index in [1.807, 2.05) is 47.2 Å². The number of fused-ring (bicyclic) bond motifs is 1. The molecule has 0 saturated carbocycles. The molecule has 1 fully saturated rings.